The Labute approximate surface area is 165 Å². The highest BCUT2D eigenvalue weighted by Crippen LogP contribution is 2.26. The zero-order chi connectivity index (χ0) is 20.4. The van der Waals surface area contributed by atoms with E-state index in [0.717, 1.165) is 23.2 Å². The van der Waals surface area contributed by atoms with Gasteiger partial charge in [0, 0.05) is 12.8 Å². The van der Waals surface area contributed by atoms with Gasteiger partial charge in [0.2, 0.25) is 5.91 Å². The summed E-state index contributed by atoms with van der Waals surface area (Å²) < 4.78 is 33.1. The molecule has 0 aliphatic rings. The van der Waals surface area contributed by atoms with Crippen molar-refractivity contribution in [1.29, 1.82) is 0 Å². The molecule has 1 atom stereocenters. The summed E-state index contributed by atoms with van der Waals surface area (Å²) in [5.74, 6) is -0.793. The number of nitrogens with one attached hydrogen (secondary N) is 2. The maximum absolute atomic E-state index is 13.8. The Morgan fingerprint density at radius 1 is 1.17 bits per heavy atom. The van der Waals surface area contributed by atoms with Crippen molar-refractivity contribution in [3.63, 3.8) is 0 Å². The van der Waals surface area contributed by atoms with Gasteiger partial charge in [-0.15, -0.1) is 0 Å². The Morgan fingerprint density at radius 2 is 1.93 bits per heavy atom. The molecule has 1 amide bonds. The summed E-state index contributed by atoms with van der Waals surface area (Å²) in [5, 5.41) is 2.86. The molecule has 0 spiro atoms. The van der Waals surface area contributed by atoms with Crippen molar-refractivity contribution < 1.29 is 18.0 Å². The minimum Gasteiger partial charge on any atom is -0.441 e. The van der Waals surface area contributed by atoms with Crippen LogP contribution in [0.1, 0.15) is 31.1 Å². The number of oxazole rings is 1. The molecule has 2 aromatic heterocycles. The maximum Gasteiger partial charge on any atom is 0.221 e. The predicted octanol–water partition coefficient (Wildman–Crippen LogP) is 4.31. The van der Waals surface area contributed by atoms with E-state index in [1.165, 1.54) is 12.3 Å². The van der Waals surface area contributed by atoms with E-state index in [4.69, 9.17) is 4.42 Å². The third-order valence-electron chi connectivity index (χ3n) is 4.52. The molecule has 2 aromatic carbocycles. The highest BCUT2D eigenvalue weighted by atomic mass is 19.1. The zero-order valence-corrected chi connectivity index (χ0v) is 15.6. The minimum absolute atomic E-state index is 0.00773. The van der Waals surface area contributed by atoms with E-state index in [1.807, 2.05) is 31.2 Å². The van der Waals surface area contributed by atoms with Crippen LogP contribution in [0.4, 0.5) is 8.78 Å². The Kier molecular flexibility index (Phi) is 5.07. The zero-order valence-electron chi connectivity index (χ0n) is 15.6. The molecule has 1 unspecified atom stereocenters. The van der Waals surface area contributed by atoms with Crippen molar-refractivity contribution >= 4 is 16.9 Å². The second kappa shape index (κ2) is 7.83. The molecule has 0 bridgehead atoms. The molecule has 0 aliphatic carbocycles. The number of H-pyrrole nitrogens is 1. The molecule has 0 saturated heterocycles. The minimum atomic E-state index is -0.731. The van der Waals surface area contributed by atoms with Crippen LogP contribution in [0.5, 0.6) is 0 Å². The first kappa shape index (κ1) is 18.8. The Hall–Kier alpha value is -3.55. The standard InChI is InChI=1S/C21H18F2N4O2/c1-12(21-26-15-7-2-3-8-16(15)27-21)25-18(28)9-10-19-24-11-17(29-19)20-13(22)5-4-6-14(20)23/h2-8,11-12H,9-10H2,1H3,(H,25,28)(H,26,27). The van der Waals surface area contributed by atoms with Crippen molar-refractivity contribution in [1.82, 2.24) is 20.3 Å². The van der Waals surface area contributed by atoms with Gasteiger partial charge in [-0.25, -0.2) is 18.7 Å². The number of aromatic amines is 1. The first-order valence-corrected chi connectivity index (χ1v) is 9.14. The van der Waals surface area contributed by atoms with Crippen LogP contribution in [-0.2, 0) is 11.2 Å². The van der Waals surface area contributed by atoms with Gasteiger partial charge in [0.05, 0.1) is 28.8 Å². The molecule has 4 aromatic rings. The highest BCUT2D eigenvalue weighted by molar-refractivity contribution is 5.77. The molecule has 4 rings (SSSR count). The maximum atomic E-state index is 13.8. The summed E-state index contributed by atoms with van der Waals surface area (Å²) in [4.78, 5) is 23.9. The number of carbonyl (C=O) groups excluding carboxylic acids is 1. The Bertz CT molecular complexity index is 1120. The lowest BCUT2D eigenvalue weighted by atomic mass is 10.1. The molecule has 148 valence electrons. The fraction of sp³-hybridized carbons (Fsp3) is 0.190. The van der Waals surface area contributed by atoms with E-state index in [-0.39, 0.29) is 42.0 Å². The first-order chi connectivity index (χ1) is 14.0. The molecule has 0 saturated carbocycles. The van der Waals surface area contributed by atoms with E-state index < -0.39 is 11.6 Å². The lowest BCUT2D eigenvalue weighted by molar-refractivity contribution is -0.121. The second-order valence-corrected chi connectivity index (χ2v) is 6.64. The van der Waals surface area contributed by atoms with Crippen LogP contribution in [0.3, 0.4) is 0 Å². The Morgan fingerprint density at radius 3 is 2.69 bits per heavy atom. The summed E-state index contributed by atoms with van der Waals surface area (Å²) >= 11 is 0. The van der Waals surface area contributed by atoms with Crippen LogP contribution in [0.15, 0.2) is 53.1 Å². The number of fused-ring (bicyclic) bond motifs is 1. The fourth-order valence-corrected chi connectivity index (χ4v) is 3.05. The number of amides is 1. The number of carbonyl (C=O) groups is 1. The van der Waals surface area contributed by atoms with Crippen molar-refractivity contribution in [2.45, 2.75) is 25.8 Å². The molecular formula is C21H18F2N4O2. The molecule has 0 fully saturated rings. The monoisotopic (exact) mass is 396 g/mol. The van der Waals surface area contributed by atoms with Crippen molar-refractivity contribution in [2.24, 2.45) is 0 Å². The number of benzene rings is 2. The predicted molar refractivity (Wildman–Crippen MR) is 103 cm³/mol. The molecule has 0 radical (unpaired) electrons. The number of nitrogens with zero attached hydrogens (tertiary/aromatic N) is 2. The first-order valence-electron chi connectivity index (χ1n) is 9.14. The average Bonchev–Trinajstić information content (AvgIpc) is 3.33. The van der Waals surface area contributed by atoms with Crippen molar-refractivity contribution in [3.8, 4) is 11.3 Å². The van der Waals surface area contributed by atoms with Crippen LogP contribution in [-0.4, -0.2) is 20.9 Å². The number of hydrogen-bond acceptors (Lipinski definition) is 4. The quantitative estimate of drug-likeness (QED) is 0.509. The molecule has 29 heavy (non-hydrogen) atoms. The summed E-state index contributed by atoms with van der Waals surface area (Å²) in [6.45, 7) is 1.83. The van der Waals surface area contributed by atoms with Gasteiger partial charge in [-0.05, 0) is 31.2 Å². The number of aryl methyl sites for hydroxylation is 1. The average molecular weight is 396 g/mol. The van der Waals surface area contributed by atoms with E-state index in [9.17, 15) is 13.6 Å². The highest BCUT2D eigenvalue weighted by Gasteiger charge is 2.17. The van der Waals surface area contributed by atoms with Crippen molar-refractivity contribution in [3.05, 3.63) is 72.0 Å². The number of imidazole rings is 1. The van der Waals surface area contributed by atoms with Gasteiger partial charge in [-0.1, -0.05) is 18.2 Å². The van der Waals surface area contributed by atoms with Gasteiger partial charge in [0.15, 0.2) is 11.7 Å². The van der Waals surface area contributed by atoms with E-state index in [2.05, 4.69) is 20.3 Å². The molecule has 2 heterocycles. The topological polar surface area (TPSA) is 83.8 Å². The number of halogens is 2. The lowest BCUT2D eigenvalue weighted by Gasteiger charge is -2.10. The molecule has 0 aliphatic heterocycles. The fourth-order valence-electron chi connectivity index (χ4n) is 3.05. The van der Waals surface area contributed by atoms with Gasteiger partial charge >= 0.3 is 0 Å². The normalized spacial score (nSPS) is 12.2. The number of aromatic nitrogens is 3. The van der Waals surface area contributed by atoms with Crippen LogP contribution in [0.25, 0.3) is 22.4 Å². The van der Waals surface area contributed by atoms with Crippen LogP contribution < -0.4 is 5.32 Å². The lowest BCUT2D eigenvalue weighted by Crippen LogP contribution is -2.27. The van der Waals surface area contributed by atoms with Gasteiger partial charge in [-0.3, -0.25) is 4.79 Å². The number of hydrogen-bond donors (Lipinski definition) is 2. The smallest absolute Gasteiger partial charge is 0.221 e. The molecular weight excluding hydrogens is 378 g/mol. The van der Waals surface area contributed by atoms with Gasteiger partial charge in [0.1, 0.15) is 17.5 Å². The van der Waals surface area contributed by atoms with E-state index in [1.54, 1.807) is 0 Å². The van der Waals surface area contributed by atoms with E-state index >= 15 is 0 Å². The summed E-state index contributed by atoms with van der Waals surface area (Å²) in [6, 6.07) is 10.9. The molecule has 6 nitrogen and oxygen atoms in total. The van der Waals surface area contributed by atoms with Gasteiger partial charge < -0.3 is 14.7 Å². The SMILES string of the molecule is CC(NC(=O)CCc1ncc(-c2c(F)cccc2F)o1)c1nc2ccccc2[nH]1. The van der Waals surface area contributed by atoms with Gasteiger partial charge in [-0.2, -0.15) is 0 Å². The van der Waals surface area contributed by atoms with Crippen molar-refractivity contribution in [2.75, 3.05) is 0 Å². The summed E-state index contributed by atoms with van der Waals surface area (Å²) in [5.41, 5.74) is 1.46. The second-order valence-electron chi connectivity index (χ2n) is 6.64. The van der Waals surface area contributed by atoms with Crippen LogP contribution in [0.2, 0.25) is 0 Å². The largest absolute Gasteiger partial charge is 0.441 e. The third-order valence-corrected chi connectivity index (χ3v) is 4.52. The third kappa shape index (κ3) is 4.01. The van der Waals surface area contributed by atoms with Gasteiger partial charge in [0.25, 0.3) is 0 Å². The number of rotatable bonds is 6. The summed E-state index contributed by atoms with van der Waals surface area (Å²) in [6.07, 6.45) is 1.57. The van der Waals surface area contributed by atoms with E-state index in [0.29, 0.717) is 5.82 Å². The molecule has 8 heteroatoms. The number of para-hydroxylation sites is 2. The summed E-state index contributed by atoms with van der Waals surface area (Å²) in [7, 11) is 0. The Balaban J connectivity index is 1.37. The molecule has 2 N–H and O–H groups in total. The van der Waals surface area contributed by atoms with Crippen LogP contribution in [0, 0.1) is 11.6 Å². The van der Waals surface area contributed by atoms with Crippen LogP contribution >= 0.6 is 0 Å².